The number of nitrogens with zero attached hydrogens (tertiary/aromatic N) is 4. The van der Waals surface area contributed by atoms with Crippen molar-refractivity contribution in [2.45, 2.75) is 32.4 Å². The average Bonchev–Trinajstić information content (AvgIpc) is 3.34. The third-order valence-corrected chi connectivity index (χ3v) is 5.39. The number of furan rings is 1. The Morgan fingerprint density at radius 1 is 1.26 bits per heavy atom. The number of ether oxygens (including phenoxy) is 2. The van der Waals surface area contributed by atoms with Crippen LogP contribution in [0.3, 0.4) is 0 Å². The quantitative estimate of drug-likeness (QED) is 0.527. The van der Waals surface area contributed by atoms with Crippen LogP contribution in [0.2, 0.25) is 0 Å². The Kier molecular flexibility index (Phi) is 4.83. The fourth-order valence-corrected chi connectivity index (χ4v) is 3.99. The predicted molar refractivity (Wildman–Crippen MR) is 120 cm³/mol. The number of nitrogens with two attached hydrogens (primary N) is 1. The summed E-state index contributed by atoms with van der Waals surface area (Å²) in [6.07, 6.45) is 1.77. The number of hydrogen-bond acceptors (Lipinski definition) is 7. The summed E-state index contributed by atoms with van der Waals surface area (Å²) in [5.74, 6) is 1.20. The second kappa shape index (κ2) is 7.55. The van der Waals surface area contributed by atoms with Crippen LogP contribution in [-0.2, 0) is 4.74 Å². The molecule has 0 amide bonds. The van der Waals surface area contributed by atoms with Crippen molar-refractivity contribution in [3.63, 3.8) is 0 Å². The lowest BCUT2D eigenvalue weighted by atomic mass is 10.1. The van der Waals surface area contributed by atoms with Gasteiger partial charge >= 0.3 is 0 Å². The molecule has 0 saturated carbocycles. The Labute approximate surface area is 180 Å². The number of morpholine rings is 1. The zero-order chi connectivity index (χ0) is 21.6. The van der Waals surface area contributed by atoms with E-state index in [4.69, 9.17) is 19.6 Å². The number of rotatable bonds is 5. The lowest BCUT2D eigenvalue weighted by molar-refractivity contribution is -0.0276. The van der Waals surface area contributed by atoms with Gasteiger partial charge in [0.25, 0.3) is 0 Å². The van der Waals surface area contributed by atoms with Crippen LogP contribution in [0.25, 0.3) is 28.1 Å². The van der Waals surface area contributed by atoms with Crippen molar-refractivity contribution in [3.05, 3.63) is 42.6 Å². The van der Waals surface area contributed by atoms with Gasteiger partial charge in [-0.1, -0.05) is 6.07 Å². The lowest BCUT2D eigenvalue weighted by Crippen LogP contribution is -2.48. The van der Waals surface area contributed by atoms with Gasteiger partial charge in [-0.25, -0.2) is 9.50 Å². The Morgan fingerprint density at radius 3 is 2.94 bits per heavy atom. The van der Waals surface area contributed by atoms with Gasteiger partial charge in [0.15, 0.2) is 11.4 Å². The van der Waals surface area contributed by atoms with Crippen LogP contribution in [0.5, 0.6) is 5.88 Å². The highest BCUT2D eigenvalue weighted by atomic mass is 16.5. The van der Waals surface area contributed by atoms with Crippen molar-refractivity contribution in [1.29, 1.82) is 0 Å². The smallest absolute Gasteiger partial charge is 0.231 e. The number of benzene rings is 1. The molecule has 31 heavy (non-hydrogen) atoms. The van der Waals surface area contributed by atoms with E-state index >= 15 is 0 Å². The van der Waals surface area contributed by atoms with Crippen molar-refractivity contribution in [1.82, 2.24) is 14.6 Å². The number of fused-ring (bicyclic) bond motifs is 2. The fourth-order valence-electron chi connectivity index (χ4n) is 3.99. The molecule has 1 fully saturated rings. The molecule has 0 radical (unpaired) electrons. The largest absolute Gasteiger partial charge is 0.475 e. The molecule has 162 valence electrons. The van der Waals surface area contributed by atoms with Crippen molar-refractivity contribution < 1.29 is 13.9 Å². The summed E-state index contributed by atoms with van der Waals surface area (Å²) in [5, 5.41) is 5.64. The molecule has 4 aromatic rings. The summed E-state index contributed by atoms with van der Waals surface area (Å²) in [4.78, 5) is 6.83. The van der Waals surface area contributed by atoms with Gasteiger partial charge in [0, 0.05) is 36.3 Å². The molecule has 1 aliphatic rings. The summed E-state index contributed by atoms with van der Waals surface area (Å²) in [5.41, 5.74) is 9.07. The molecule has 5 rings (SSSR count). The third kappa shape index (κ3) is 3.84. The summed E-state index contributed by atoms with van der Waals surface area (Å²) in [6, 6.07) is 11.8. The minimum absolute atomic E-state index is 0.0706. The van der Waals surface area contributed by atoms with Crippen LogP contribution >= 0.6 is 0 Å². The molecule has 8 nitrogen and oxygen atoms in total. The van der Waals surface area contributed by atoms with Crippen molar-refractivity contribution in [2.75, 3.05) is 31.2 Å². The molecule has 4 heterocycles. The fraction of sp³-hybridized carbons (Fsp3) is 0.391. The monoisotopic (exact) mass is 421 g/mol. The summed E-state index contributed by atoms with van der Waals surface area (Å²) in [7, 11) is 0. The van der Waals surface area contributed by atoms with Crippen LogP contribution in [0.1, 0.15) is 20.8 Å². The van der Waals surface area contributed by atoms with Crippen LogP contribution in [0, 0.1) is 0 Å². The van der Waals surface area contributed by atoms with E-state index in [1.165, 1.54) is 0 Å². The highest BCUT2D eigenvalue weighted by Gasteiger charge is 2.28. The van der Waals surface area contributed by atoms with E-state index in [1.807, 2.05) is 25.1 Å². The first-order chi connectivity index (χ1) is 14.9. The van der Waals surface area contributed by atoms with Crippen LogP contribution in [0.15, 0.2) is 47.0 Å². The van der Waals surface area contributed by atoms with E-state index in [0.717, 1.165) is 41.1 Å². The Morgan fingerprint density at radius 2 is 2.13 bits per heavy atom. The van der Waals surface area contributed by atoms with Crippen molar-refractivity contribution in [3.8, 4) is 17.3 Å². The maximum absolute atomic E-state index is 6.22. The zero-order valence-corrected chi connectivity index (χ0v) is 18.0. The van der Waals surface area contributed by atoms with Crippen LogP contribution in [-0.4, -0.2) is 52.5 Å². The van der Waals surface area contributed by atoms with Gasteiger partial charge in [-0.3, -0.25) is 0 Å². The van der Waals surface area contributed by atoms with Gasteiger partial charge in [-0.05, 0) is 45.0 Å². The van der Waals surface area contributed by atoms with E-state index < -0.39 is 0 Å². The first-order valence-electron chi connectivity index (χ1n) is 10.5. The van der Waals surface area contributed by atoms with Crippen molar-refractivity contribution in [2.24, 2.45) is 5.73 Å². The Bertz CT molecular complexity index is 1230. The second-order valence-corrected chi connectivity index (χ2v) is 8.70. The molecular weight excluding hydrogens is 394 g/mol. The maximum atomic E-state index is 6.22. The molecule has 1 atom stereocenters. The van der Waals surface area contributed by atoms with Crippen molar-refractivity contribution >= 4 is 22.3 Å². The molecule has 1 aromatic carbocycles. The van der Waals surface area contributed by atoms with E-state index in [0.29, 0.717) is 24.9 Å². The van der Waals surface area contributed by atoms with Gasteiger partial charge < -0.3 is 24.5 Å². The third-order valence-electron chi connectivity index (χ3n) is 5.39. The summed E-state index contributed by atoms with van der Waals surface area (Å²) < 4.78 is 19.5. The molecule has 8 heteroatoms. The standard InChI is InChI=1S/C23H27N5O3/c1-15(24)13-29-22-8-7-21-25-12-18(28(21)26-22)20-11-16-17(5-4-6-19(16)31-20)27-9-10-30-23(2,3)14-27/h4-8,11-12,15H,9-10,13-14,24H2,1-3H3. The lowest BCUT2D eigenvalue weighted by Gasteiger charge is -2.39. The normalized spacial score (nSPS) is 17.4. The van der Waals surface area contributed by atoms with Gasteiger partial charge in [0.05, 0.1) is 18.4 Å². The Hall–Kier alpha value is -3.10. The summed E-state index contributed by atoms with van der Waals surface area (Å²) in [6.45, 7) is 8.90. The molecule has 0 aliphatic carbocycles. The maximum Gasteiger partial charge on any atom is 0.231 e. The minimum Gasteiger partial charge on any atom is -0.475 e. The number of hydrogen-bond donors (Lipinski definition) is 1. The molecule has 0 spiro atoms. The molecule has 3 aromatic heterocycles. The molecule has 2 N–H and O–H groups in total. The first kappa shape index (κ1) is 19.8. The highest BCUT2D eigenvalue weighted by Crippen LogP contribution is 2.35. The van der Waals surface area contributed by atoms with Gasteiger partial charge in [0.2, 0.25) is 5.88 Å². The zero-order valence-electron chi connectivity index (χ0n) is 18.0. The van der Waals surface area contributed by atoms with E-state index in [2.05, 4.69) is 41.0 Å². The molecule has 1 saturated heterocycles. The number of aromatic nitrogens is 3. The SMILES string of the molecule is CC(N)COc1ccc2ncc(-c3cc4c(N5CCOC(C)(C)C5)cccc4o3)n2n1. The van der Waals surface area contributed by atoms with E-state index in [1.54, 1.807) is 16.8 Å². The van der Waals surface area contributed by atoms with E-state index in [9.17, 15) is 0 Å². The number of anilines is 1. The van der Waals surface area contributed by atoms with Crippen LogP contribution < -0.4 is 15.4 Å². The van der Waals surface area contributed by atoms with Gasteiger partial charge in [-0.15, -0.1) is 5.10 Å². The minimum atomic E-state index is -0.185. The topological polar surface area (TPSA) is 91.0 Å². The highest BCUT2D eigenvalue weighted by molar-refractivity contribution is 5.94. The predicted octanol–water partition coefficient (Wildman–Crippen LogP) is 3.48. The van der Waals surface area contributed by atoms with Gasteiger partial charge in [0.1, 0.15) is 17.9 Å². The average molecular weight is 422 g/mol. The molecule has 1 unspecified atom stereocenters. The van der Waals surface area contributed by atoms with Crippen LogP contribution in [0.4, 0.5) is 5.69 Å². The first-order valence-corrected chi connectivity index (χ1v) is 10.5. The molecule has 0 bridgehead atoms. The summed E-state index contributed by atoms with van der Waals surface area (Å²) >= 11 is 0. The molecular formula is C23H27N5O3. The number of imidazole rings is 1. The Balaban J connectivity index is 1.54. The van der Waals surface area contributed by atoms with Gasteiger partial charge in [-0.2, -0.15) is 0 Å². The second-order valence-electron chi connectivity index (χ2n) is 8.70. The molecule has 1 aliphatic heterocycles. The van der Waals surface area contributed by atoms with E-state index in [-0.39, 0.29) is 11.6 Å².